The predicted molar refractivity (Wildman–Crippen MR) is 49.3 cm³/mol. The zero-order valence-electron chi connectivity index (χ0n) is 6.96. The van der Waals surface area contributed by atoms with Gasteiger partial charge in [-0.3, -0.25) is 0 Å². The van der Waals surface area contributed by atoms with Gasteiger partial charge >= 0.3 is 0 Å². The van der Waals surface area contributed by atoms with Gasteiger partial charge in [0.1, 0.15) is 5.75 Å². The molecule has 2 nitrogen and oxygen atoms in total. The molecule has 0 amide bonds. The lowest BCUT2D eigenvalue weighted by Gasteiger charge is -2.00. The summed E-state index contributed by atoms with van der Waals surface area (Å²) in [6.45, 7) is 2.03. The van der Waals surface area contributed by atoms with Crippen molar-refractivity contribution < 1.29 is 5.11 Å². The fourth-order valence-electron chi connectivity index (χ4n) is 1.42. The van der Waals surface area contributed by atoms with Crippen LogP contribution in [0, 0.1) is 0 Å². The number of H-pyrrole nitrogens is 1. The number of nitrogens with one attached hydrogen (secondary N) is 1. The van der Waals surface area contributed by atoms with Crippen LogP contribution in [0.1, 0.15) is 12.5 Å². The van der Waals surface area contributed by atoms with Crippen molar-refractivity contribution in [1.82, 2.24) is 4.98 Å². The summed E-state index contributed by atoms with van der Waals surface area (Å²) in [6.07, 6.45) is 2.74. The zero-order chi connectivity index (χ0) is 8.55. The SMILES string of the molecule is CCc1cc2[nH]ccc2cc1O. The van der Waals surface area contributed by atoms with Crippen molar-refractivity contribution in [3.63, 3.8) is 0 Å². The van der Waals surface area contributed by atoms with Crippen molar-refractivity contribution >= 4 is 10.9 Å². The highest BCUT2D eigenvalue weighted by atomic mass is 16.3. The lowest BCUT2D eigenvalue weighted by Crippen LogP contribution is -1.80. The van der Waals surface area contributed by atoms with Gasteiger partial charge in [-0.15, -0.1) is 0 Å². The Hall–Kier alpha value is -1.44. The molecule has 2 N–H and O–H groups in total. The Bertz CT molecular complexity index is 403. The van der Waals surface area contributed by atoms with Crippen molar-refractivity contribution in [2.45, 2.75) is 13.3 Å². The average Bonchev–Trinajstić information content (AvgIpc) is 2.49. The van der Waals surface area contributed by atoms with Gasteiger partial charge in [-0.2, -0.15) is 0 Å². The maximum atomic E-state index is 9.51. The second-order valence-electron chi connectivity index (χ2n) is 2.90. The van der Waals surface area contributed by atoms with Crippen LogP contribution in [-0.4, -0.2) is 10.1 Å². The number of hydrogen-bond donors (Lipinski definition) is 2. The highest BCUT2D eigenvalue weighted by Crippen LogP contribution is 2.24. The Morgan fingerprint density at radius 3 is 3.00 bits per heavy atom. The van der Waals surface area contributed by atoms with E-state index in [1.807, 2.05) is 25.3 Å². The summed E-state index contributed by atoms with van der Waals surface area (Å²) in [4.78, 5) is 3.11. The van der Waals surface area contributed by atoms with Gasteiger partial charge in [0, 0.05) is 17.1 Å². The van der Waals surface area contributed by atoms with E-state index in [-0.39, 0.29) is 0 Å². The van der Waals surface area contributed by atoms with E-state index >= 15 is 0 Å². The number of aromatic hydroxyl groups is 1. The minimum Gasteiger partial charge on any atom is -0.508 e. The number of aromatic amines is 1. The van der Waals surface area contributed by atoms with Gasteiger partial charge in [0.15, 0.2) is 0 Å². The summed E-state index contributed by atoms with van der Waals surface area (Å²) in [5.74, 6) is 0.393. The number of aromatic nitrogens is 1. The molecule has 0 saturated heterocycles. The lowest BCUT2D eigenvalue weighted by molar-refractivity contribution is 0.470. The molecular formula is C10H11NO. The van der Waals surface area contributed by atoms with E-state index in [0.29, 0.717) is 5.75 Å². The first-order valence-corrected chi connectivity index (χ1v) is 4.10. The topological polar surface area (TPSA) is 36.0 Å². The molecule has 0 unspecified atom stereocenters. The number of rotatable bonds is 1. The van der Waals surface area contributed by atoms with Gasteiger partial charge in [-0.05, 0) is 30.2 Å². The number of phenols is 1. The van der Waals surface area contributed by atoms with E-state index in [1.54, 1.807) is 6.07 Å². The summed E-state index contributed by atoms with van der Waals surface area (Å²) >= 11 is 0. The van der Waals surface area contributed by atoms with Crippen LogP contribution in [0.3, 0.4) is 0 Å². The Balaban J connectivity index is 2.73. The quantitative estimate of drug-likeness (QED) is 0.662. The summed E-state index contributed by atoms with van der Waals surface area (Å²) < 4.78 is 0. The van der Waals surface area contributed by atoms with Crippen molar-refractivity contribution in [1.29, 1.82) is 0 Å². The van der Waals surface area contributed by atoms with Gasteiger partial charge in [0.05, 0.1) is 0 Å². The van der Waals surface area contributed by atoms with Crippen LogP contribution in [-0.2, 0) is 6.42 Å². The smallest absolute Gasteiger partial charge is 0.119 e. The van der Waals surface area contributed by atoms with Gasteiger partial charge < -0.3 is 10.1 Å². The maximum Gasteiger partial charge on any atom is 0.119 e. The van der Waals surface area contributed by atoms with Gasteiger partial charge in [0.25, 0.3) is 0 Å². The number of phenolic OH excluding ortho intramolecular Hbond substituents is 1. The zero-order valence-corrected chi connectivity index (χ0v) is 6.96. The van der Waals surface area contributed by atoms with Crippen LogP contribution in [0.5, 0.6) is 5.75 Å². The van der Waals surface area contributed by atoms with E-state index in [9.17, 15) is 5.11 Å². The number of hydrogen-bond acceptors (Lipinski definition) is 1. The molecule has 1 aromatic heterocycles. The first-order chi connectivity index (χ1) is 5.81. The molecule has 0 aliphatic heterocycles. The first kappa shape index (κ1) is 7.22. The molecular weight excluding hydrogens is 150 g/mol. The summed E-state index contributed by atoms with van der Waals surface area (Å²) in [5.41, 5.74) is 2.08. The third-order valence-electron chi connectivity index (χ3n) is 2.13. The average molecular weight is 161 g/mol. The highest BCUT2D eigenvalue weighted by Gasteiger charge is 2.01. The Labute approximate surface area is 70.8 Å². The molecule has 0 aliphatic carbocycles. The van der Waals surface area contributed by atoms with Gasteiger partial charge in [-0.25, -0.2) is 0 Å². The molecule has 2 aromatic rings. The molecule has 1 aromatic carbocycles. The van der Waals surface area contributed by atoms with E-state index in [4.69, 9.17) is 0 Å². The van der Waals surface area contributed by atoms with Crippen LogP contribution in [0.15, 0.2) is 24.4 Å². The fraction of sp³-hybridized carbons (Fsp3) is 0.200. The highest BCUT2D eigenvalue weighted by molar-refractivity contribution is 5.81. The number of benzene rings is 1. The Kier molecular flexibility index (Phi) is 1.54. The second kappa shape index (κ2) is 2.55. The molecule has 0 bridgehead atoms. The fourth-order valence-corrected chi connectivity index (χ4v) is 1.42. The lowest BCUT2D eigenvalue weighted by atomic mass is 10.1. The molecule has 2 heteroatoms. The van der Waals surface area contributed by atoms with Crippen LogP contribution in [0.4, 0.5) is 0 Å². The van der Waals surface area contributed by atoms with Gasteiger partial charge in [0.2, 0.25) is 0 Å². The van der Waals surface area contributed by atoms with E-state index < -0.39 is 0 Å². The van der Waals surface area contributed by atoms with Crippen LogP contribution in [0.2, 0.25) is 0 Å². The van der Waals surface area contributed by atoms with Gasteiger partial charge in [-0.1, -0.05) is 6.92 Å². The van der Waals surface area contributed by atoms with Crippen LogP contribution >= 0.6 is 0 Å². The standard InChI is InChI=1S/C10H11NO/c1-2-7-5-9-8(3-4-11-9)6-10(7)12/h3-6,11-12H,2H2,1H3. The molecule has 0 atom stereocenters. The number of fused-ring (bicyclic) bond motifs is 1. The summed E-state index contributed by atoms with van der Waals surface area (Å²) in [7, 11) is 0. The van der Waals surface area contributed by atoms with Crippen molar-refractivity contribution in [3.8, 4) is 5.75 Å². The largest absolute Gasteiger partial charge is 0.508 e. The molecule has 0 fully saturated rings. The summed E-state index contributed by atoms with van der Waals surface area (Å²) in [6, 6.07) is 5.74. The van der Waals surface area contributed by atoms with Crippen molar-refractivity contribution in [3.05, 3.63) is 30.0 Å². The number of aryl methyl sites for hydroxylation is 1. The van der Waals surface area contributed by atoms with Crippen molar-refractivity contribution in [2.75, 3.05) is 0 Å². The molecule has 0 spiro atoms. The normalized spacial score (nSPS) is 10.8. The molecule has 62 valence electrons. The summed E-state index contributed by atoms with van der Waals surface area (Å²) in [5, 5.41) is 10.6. The Morgan fingerprint density at radius 1 is 1.42 bits per heavy atom. The molecule has 0 radical (unpaired) electrons. The minimum atomic E-state index is 0.393. The van der Waals surface area contributed by atoms with Crippen molar-refractivity contribution in [2.24, 2.45) is 0 Å². The monoisotopic (exact) mass is 161 g/mol. The first-order valence-electron chi connectivity index (χ1n) is 4.10. The maximum absolute atomic E-state index is 9.51. The molecule has 2 rings (SSSR count). The Morgan fingerprint density at radius 2 is 2.25 bits per heavy atom. The van der Waals surface area contributed by atoms with Crippen LogP contribution in [0.25, 0.3) is 10.9 Å². The minimum absolute atomic E-state index is 0.393. The second-order valence-corrected chi connectivity index (χ2v) is 2.90. The third-order valence-corrected chi connectivity index (χ3v) is 2.13. The van der Waals surface area contributed by atoms with Crippen LogP contribution < -0.4 is 0 Å². The van der Waals surface area contributed by atoms with E-state index in [2.05, 4.69) is 4.98 Å². The molecule has 12 heavy (non-hydrogen) atoms. The third kappa shape index (κ3) is 0.961. The van der Waals surface area contributed by atoms with E-state index in [0.717, 1.165) is 22.9 Å². The molecule has 0 saturated carbocycles. The molecule has 1 heterocycles. The predicted octanol–water partition coefficient (Wildman–Crippen LogP) is 2.44. The van der Waals surface area contributed by atoms with E-state index in [1.165, 1.54) is 0 Å². The molecule has 0 aliphatic rings.